The van der Waals surface area contributed by atoms with Gasteiger partial charge in [0.25, 0.3) is 0 Å². The third kappa shape index (κ3) is 7.09. The minimum absolute atomic E-state index is 0.0461. The summed E-state index contributed by atoms with van der Waals surface area (Å²) < 4.78 is 5.94. The minimum Gasteiger partial charge on any atom is -0.454 e. The van der Waals surface area contributed by atoms with Gasteiger partial charge in [-0.05, 0) is 57.6 Å². The molecule has 1 aliphatic rings. The molecule has 0 aromatic carbocycles. The highest BCUT2D eigenvalue weighted by atomic mass is 32.1. The lowest BCUT2D eigenvalue weighted by Crippen LogP contribution is -2.46. The lowest BCUT2D eigenvalue weighted by atomic mass is 9.73. The predicted octanol–water partition coefficient (Wildman–Crippen LogP) is 5.27. The van der Waals surface area contributed by atoms with E-state index >= 15 is 0 Å². The molecule has 5 atom stereocenters. The summed E-state index contributed by atoms with van der Waals surface area (Å²) in [5.41, 5.74) is -0.434. The van der Waals surface area contributed by atoms with Crippen LogP contribution in [0.25, 0.3) is 6.08 Å². The van der Waals surface area contributed by atoms with E-state index in [0.717, 1.165) is 35.5 Å². The third-order valence-electron chi connectivity index (χ3n) is 7.22. The number of esters is 1. The van der Waals surface area contributed by atoms with Crippen LogP contribution in [-0.2, 0) is 14.3 Å². The molecule has 0 spiro atoms. The van der Waals surface area contributed by atoms with Crippen LogP contribution < -0.4 is 0 Å². The Morgan fingerprint density at radius 1 is 1.21 bits per heavy atom. The maximum Gasteiger partial charge on any atom is 0.309 e. The number of thiazole rings is 1. The molecule has 1 aliphatic heterocycles. The summed E-state index contributed by atoms with van der Waals surface area (Å²) in [5.74, 6) is -1.51. The SMILES string of the molecule is CC(=Cc1csc(C)n1)C1(C)CC=CCCC[C@@H](C)[C@@H](O)[C@H](C)C(=O)C(C)(C)[C@@H](O)CC(=O)O1. The Morgan fingerprint density at radius 3 is 2.50 bits per heavy atom. The monoisotopic (exact) mass is 491 g/mol. The number of aryl methyl sites for hydroxylation is 1. The van der Waals surface area contributed by atoms with Crippen LogP contribution in [0.5, 0.6) is 0 Å². The van der Waals surface area contributed by atoms with Crippen molar-refractivity contribution >= 4 is 29.2 Å². The van der Waals surface area contributed by atoms with Gasteiger partial charge >= 0.3 is 5.97 Å². The normalized spacial score (nSPS) is 32.4. The fraction of sp³-hybridized carbons (Fsp3) is 0.667. The molecule has 6 nitrogen and oxygen atoms in total. The van der Waals surface area contributed by atoms with Gasteiger partial charge in [-0.15, -0.1) is 11.3 Å². The van der Waals surface area contributed by atoms with E-state index in [0.29, 0.717) is 6.42 Å². The number of hydrogen-bond acceptors (Lipinski definition) is 7. The van der Waals surface area contributed by atoms with Gasteiger partial charge in [0.05, 0.1) is 34.7 Å². The molecule has 1 unspecified atom stereocenters. The van der Waals surface area contributed by atoms with Gasteiger partial charge in [-0.1, -0.05) is 39.8 Å². The minimum atomic E-state index is -1.23. The first-order chi connectivity index (χ1) is 15.8. The summed E-state index contributed by atoms with van der Waals surface area (Å²) in [7, 11) is 0. The Bertz CT molecular complexity index is 918. The van der Waals surface area contributed by atoms with Crippen LogP contribution in [0.15, 0.2) is 23.1 Å². The number of aliphatic hydroxyl groups is 2. The highest BCUT2D eigenvalue weighted by Gasteiger charge is 2.43. The van der Waals surface area contributed by atoms with E-state index in [-0.39, 0.29) is 18.1 Å². The Balaban J connectivity index is 2.35. The summed E-state index contributed by atoms with van der Waals surface area (Å²) >= 11 is 1.56. The quantitative estimate of drug-likeness (QED) is 0.432. The van der Waals surface area contributed by atoms with Gasteiger partial charge in [0.1, 0.15) is 11.4 Å². The van der Waals surface area contributed by atoms with E-state index in [1.807, 2.05) is 45.2 Å². The first-order valence-electron chi connectivity index (χ1n) is 12.2. The standard InChI is InChI=1S/C27H41NO5S/c1-17-12-10-8-9-11-13-27(7,18(2)14-21-16-34-20(4)28-21)33-23(30)15-22(29)26(5,6)25(32)19(3)24(17)31/h9,11,14,16-17,19,22,24,29,31H,8,10,12-13,15H2,1-7H3/t17-,19+,22+,24-,27?/m1/s1. The zero-order chi connectivity index (χ0) is 25.7. The smallest absolute Gasteiger partial charge is 0.309 e. The summed E-state index contributed by atoms with van der Waals surface area (Å²) in [4.78, 5) is 30.6. The molecule has 2 heterocycles. The summed E-state index contributed by atoms with van der Waals surface area (Å²) in [6.45, 7) is 12.6. The number of allylic oxidation sites excluding steroid dienone is 1. The number of ether oxygens (including phenoxy) is 1. The molecule has 0 saturated carbocycles. The van der Waals surface area contributed by atoms with Crippen molar-refractivity contribution in [3.05, 3.63) is 33.8 Å². The van der Waals surface area contributed by atoms with Crippen LogP contribution in [0.3, 0.4) is 0 Å². The maximum atomic E-state index is 13.2. The Morgan fingerprint density at radius 2 is 1.88 bits per heavy atom. The van der Waals surface area contributed by atoms with E-state index in [2.05, 4.69) is 11.1 Å². The highest BCUT2D eigenvalue weighted by Crippen LogP contribution is 2.34. The van der Waals surface area contributed by atoms with E-state index in [4.69, 9.17) is 4.74 Å². The Kier molecular flexibility index (Phi) is 9.80. The summed E-state index contributed by atoms with van der Waals surface area (Å²) in [5, 5.41) is 24.5. The highest BCUT2D eigenvalue weighted by molar-refractivity contribution is 7.09. The maximum absolute atomic E-state index is 13.2. The fourth-order valence-electron chi connectivity index (χ4n) is 4.36. The van der Waals surface area contributed by atoms with Crippen LogP contribution in [0.2, 0.25) is 0 Å². The second kappa shape index (κ2) is 11.7. The molecule has 0 saturated heterocycles. The fourth-order valence-corrected chi connectivity index (χ4v) is 4.93. The average Bonchev–Trinajstić information content (AvgIpc) is 3.17. The first-order valence-corrected chi connectivity index (χ1v) is 13.0. The molecular formula is C27H41NO5S. The number of cyclic esters (lactones) is 1. The van der Waals surface area contributed by atoms with Crippen LogP contribution in [-0.4, -0.2) is 44.8 Å². The van der Waals surface area contributed by atoms with Gasteiger partial charge in [-0.25, -0.2) is 4.98 Å². The van der Waals surface area contributed by atoms with Crippen molar-refractivity contribution in [2.45, 2.75) is 98.4 Å². The topological polar surface area (TPSA) is 96.7 Å². The van der Waals surface area contributed by atoms with Crippen LogP contribution in [0.4, 0.5) is 0 Å². The van der Waals surface area contributed by atoms with Crippen molar-refractivity contribution in [1.29, 1.82) is 0 Å². The second-order valence-corrected chi connectivity index (χ2v) is 11.6. The number of carbonyl (C=O) groups excluding carboxylic acids is 2. The van der Waals surface area contributed by atoms with E-state index < -0.39 is 35.1 Å². The second-order valence-electron chi connectivity index (χ2n) is 10.5. The van der Waals surface area contributed by atoms with Crippen molar-refractivity contribution in [2.75, 3.05) is 0 Å². The van der Waals surface area contributed by atoms with Gasteiger partial charge in [0, 0.05) is 17.7 Å². The van der Waals surface area contributed by atoms with E-state index in [1.54, 1.807) is 32.1 Å². The van der Waals surface area contributed by atoms with E-state index in [9.17, 15) is 19.8 Å². The number of ketones is 1. The van der Waals surface area contributed by atoms with Crippen molar-refractivity contribution in [1.82, 2.24) is 4.98 Å². The molecule has 0 amide bonds. The molecule has 0 fully saturated rings. The largest absolute Gasteiger partial charge is 0.454 e. The molecule has 0 radical (unpaired) electrons. The summed E-state index contributed by atoms with van der Waals surface area (Å²) in [6, 6.07) is 0. The average molecular weight is 492 g/mol. The first kappa shape index (κ1) is 28.4. The number of Topliss-reactive ketones (excluding diaryl/α,β-unsaturated/α-hetero) is 1. The van der Waals surface area contributed by atoms with Crippen molar-refractivity contribution in [2.24, 2.45) is 17.3 Å². The molecule has 1 aromatic heterocycles. The van der Waals surface area contributed by atoms with Crippen LogP contribution >= 0.6 is 11.3 Å². The molecule has 190 valence electrons. The van der Waals surface area contributed by atoms with Gasteiger partial charge < -0.3 is 14.9 Å². The molecule has 0 aliphatic carbocycles. The number of aromatic nitrogens is 1. The van der Waals surface area contributed by atoms with Crippen LogP contribution in [0, 0.1) is 24.2 Å². The van der Waals surface area contributed by atoms with Crippen molar-refractivity contribution < 1.29 is 24.5 Å². The molecular weight excluding hydrogens is 450 g/mol. The zero-order valence-corrected chi connectivity index (χ0v) is 22.4. The van der Waals surface area contributed by atoms with Crippen molar-refractivity contribution in [3.63, 3.8) is 0 Å². The Labute approximate surface area is 208 Å². The molecule has 7 heteroatoms. The summed E-state index contributed by atoms with van der Waals surface area (Å²) in [6.07, 6.45) is 6.69. The van der Waals surface area contributed by atoms with E-state index in [1.165, 1.54) is 0 Å². The lowest BCUT2D eigenvalue weighted by molar-refractivity contribution is -0.160. The molecule has 34 heavy (non-hydrogen) atoms. The number of rotatable bonds is 2. The zero-order valence-electron chi connectivity index (χ0n) is 21.6. The number of aliphatic hydroxyl groups excluding tert-OH is 2. The molecule has 1 aromatic rings. The number of hydrogen-bond donors (Lipinski definition) is 2. The van der Waals surface area contributed by atoms with Gasteiger partial charge in [-0.2, -0.15) is 0 Å². The number of carbonyl (C=O) groups is 2. The van der Waals surface area contributed by atoms with Crippen LogP contribution in [0.1, 0.15) is 84.3 Å². The molecule has 0 bridgehead atoms. The molecule has 2 rings (SSSR count). The van der Waals surface area contributed by atoms with Crippen molar-refractivity contribution in [3.8, 4) is 0 Å². The number of nitrogens with zero attached hydrogens (tertiary/aromatic N) is 1. The molecule has 2 N–H and O–H groups in total. The Hall–Kier alpha value is -1.83. The predicted molar refractivity (Wildman–Crippen MR) is 136 cm³/mol. The van der Waals surface area contributed by atoms with Gasteiger partial charge in [0.15, 0.2) is 0 Å². The van der Waals surface area contributed by atoms with Gasteiger partial charge in [-0.3, -0.25) is 9.59 Å². The lowest BCUT2D eigenvalue weighted by Gasteiger charge is -2.35. The van der Waals surface area contributed by atoms with Gasteiger partial charge in [0.2, 0.25) is 0 Å². The third-order valence-corrected chi connectivity index (χ3v) is 8.01.